The summed E-state index contributed by atoms with van der Waals surface area (Å²) in [5.41, 5.74) is 4.17. The molecule has 3 aromatic rings. The van der Waals surface area contributed by atoms with Gasteiger partial charge in [-0.3, -0.25) is 9.88 Å². The third-order valence-electron chi connectivity index (χ3n) is 4.94. The van der Waals surface area contributed by atoms with E-state index >= 15 is 0 Å². The number of benzene rings is 2. The van der Waals surface area contributed by atoms with Gasteiger partial charge in [-0.05, 0) is 53.6 Å². The first-order valence-corrected chi connectivity index (χ1v) is 9.10. The van der Waals surface area contributed by atoms with Gasteiger partial charge in [0.1, 0.15) is 11.6 Å². The molecule has 2 heterocycles. The highest BCUT2D eigenvalue weighted by Gasteiger charge is 2.17. The van der Waals surface area contributed by atoms with Gasteiger partial charge in [0.15, 0.2) is 0 Å². The number of hydrogen-bond acceptors (Lipinski definition) is 3. The Balaban J connectivity index is 0.00000225. The van der Waals surface area contributed by atoms with Gasteiger partial charge >= 0.3 is 0 Å². The van der Waals surface area contributed by atoms with Crippen molar-refractivity contribution in [2.45, 2.75) is 6.54 Å². The van der Waals surface area contributed by atoms with Crippen LogP contribution in [0.4, 0.5) is 14.5 Å². The van der Waals surface area contributed by atoms with Crippen molar-refractivity contribution in [1.82, 2.24) is 9.88 Å². The van der Waals surface area contributed by atoms with Crippen molar-refractivity contribution in [2.75, 3.05) is 31.1 Å². The largest absolute Gasteiger partial charge is 0.369 e. The standard InChI is InChI=1S/C22H21F2N3.ClH/c23-20-3-1-18(2-4-20)19-13-17(14-25-15-19)16-26-9-11-27(12-10-26)22-7-5-21(24)6-8-22;/h1-8,13-15H,9-12,16H2;1H. The smallest absolute Gasteiger partial charge is 0.123 e. The lowest BCUT2D eigenvalue weighted by Crippen LogP contribution is -2.45. The molecule has 0 unspecified atom stereocenters. The molecule has 0 atom stereocenters. The molecule has 0 saturated carbocycles. The highest BCUT2D eigenvalue weighted by molar-refractivity contribution is 5.85. The Morgan fingerprint density at radius 2 is 1.36 bits per heavy atom. The minimum absolute atomic E-state index is 0. The second kappa shape index (κ2) is 9.13. The molecule has 4 rings (SSSR count). The maximum Gasteiger partial charge on any atom is 0.123 e. The molecule has 1 saturated heterocycles. The van der Waals surface area contributed by atoms with Crippen LogP contribution in [0, 0.1) is 11.6 Å². The number of piperazine rings is 1. The van der Waals surface area contributed by atoms with Crippen LogP contribution in [-0.4, -0.2) is 36.1 Å². The highest BCUT2D eigenvalue weighted by atomic mass is 35.5. The van der Waals surface area contributed by atoms with Crippen LogP contribution in [0.1, 0.15) is 5.56 Å². The van der Waals surface area contributed by atoms with Crippen molar-refractivity contribution < 1.29 is 8.78 Å². The van der Waals surface area contributed by atoms with E-state index in [1.54, 1.807) is 12.1 Å². The Kier molecular flexibility index (Phi) is 6.60. The molecule has 1 aromatic heterocycles. The first kappa shape index (κ1) is 20.2. The summed E-state index contributed by atoms with van der Waals surface area (Å²) in [5.74, 6) is -0.437. The first-order valence-electron chi connectivity index (χ1n) is 9.10. The van der Waals surface area contributed by atoms with Gasteiger partial charge in [-0.15, -0.1) is 12.4 Å². The Bertz CT molecular complexity index is 892. The van der Waals surface area contributed by atoms with Crippen molar-refractivity contribution >= 4 is 18.1 Å². The number of hydrogen-bond donors (Lipinski definition) is 0. The number of anilines is 1. The molecule has 6 heteroatoms. The normalized spacial score (nSPS) is 14.6. The number of aromatic nitrogens is 1. The average Bonchev–Trinajstić information content (AvgIpc) is 2.70. The molecule has 0 radical (unpaired) electrons. The van der Waals surface area contributed by atoms with E-state index in [1.165, 1.54) is 24.3 Å². The van der Waals surface area contributed by atoms with E-state index in [9.17, 15) is 8.78 Å². The summed E-state index contributed by atoms with van der Waals surface area (Å²) in [4.78, 5) is 9.03. The van der Waals surface area contributed by atoms with E-state index in [-0.39, 0.29) is 24.0 Å². The van der Waals surface area contributed by atoms with Gasteiger partial charge in [0, 0.05) is 56.4 Å². The van der Waals surface area contributed by atoms with Crippen molar-refractivity contribution in [1.29, 1.82) is 0 Å². The van der Waals surface area contributed by atoms with Gasteiger partial charge in [0.2, 0.25) is 0 Å². The van der Waals surface area contributed by atoms with Gasteiger partial charge in [0.25, 0.3) is 0 Å². The molecule has 28 heavy (non-hydrogen) atoms. The molecular weight excluding hydrogens is 380 g/mol. The molecule has 0 amide bonds. The highest BCUT2D eigenvalue weighted by Crippen LogP contribution is 2.21. The van der Waals surface area contributed by atoms with Gasteiger partial charge in [-0.2, -0.15) is 0 Å². The van der Waals surface area contributed by atoms with E-state index in [4.69, 9.17) is 0 Å². The second-order valence-corrected chi connectivity index (χ2v) is 6.83. The van der Waals surface area contributed by atoms with Crippen LogP contribution >= 0.6 is 12.4 Å². The molecule has 0 N–H and O–H groups in total. The van der Waals surface area contributed by atoms with Crippen molar-refractivity contribution in [3.63, 3.8) is 0 Å². The van der Waals surface area contributed by atoms with Gasteiger partial charge in [-0.25, -0.2) is 8.78 Å². The van der Waals surface area contributed by atoms with Gasteiger partial charge in [-0.1, -0.05) is 12.1 Å². The Morgan fingerprint density at radius 1 is 0.750 bits per heavy atom. The zero-order valence-electron chi connectivity index (χ0n) is 15.4. The molecule has 1 aliphatic rings. The molecule has 0 spiro atoms. The summed E-state index contributed by atoms with van der Waals surface area (Å²) in [6.07, 6.45) is 3.70. The van der Waals surface area contributed by atoms with Crippen LogP contribution in [0.25, 0.3) is 11.1 Å². The molecule has 0 bridgehead atoms. The van der Waals surface area contributed by atoms with Crippen LogP contribution in [0.2, 0.25) is 0 Å². The summed E-state index contributed by atoms with van der Waals surface area (Å²) < 4.78 is 26.2. The molecule has 2 aromatic carbocycles. The third kappa shape index (κ3) is 4.86. The topological polar surface area (TPSA) is 19.4 Å². The monoisotopic (exact) mass is 401 g/mol. The van der Waals surface area contributed by atoms with Gasteiger partial charge < -0.3 is 4.90 Å². The molecule has 3 nitrogen and oxygen atoms in total. The minimum Gasteiger partial charge on any atom is -0.369 e. The average molecular weight is 402 g/mol. The lowest BCUT2D eigenvalue weighted by atomic mass is 10.1. The van der Waals surface area contributed by atoms with E-state index < -0.39 is 0 Å². The third-order valence-corrected chi connectivity index (χ3v) is 4.94. The lowest BCUT2D eigenvalue weighted by molar-refractivity contribution is 0.249. The first-order chi connectivity index (χ1) is 13.2. The van der Waals surface area contributed by atoms with Crippen molar-refractivity contribution in [3.05, 3.63) is 84.2 Å². The Labute approximate surface area is 170 Å². The maximum atomic E-state index is 13.1. The van der Waals surface area contributed by atoms with Crippen LogP contribution in [0.15, 0.2) is 67.0 Å². The SMILES string of the molecule is Cl.Fc1ccc(-c2cncc(CN3CCN(c4ccc(F)cc4)CC3)c2)cc1. The van der Waals surface area contributed by atoms with Crippen LogP contribution in [0.5, 0.6) is 0 Å². The predicted molar refractivity (Wildman–Crippen MR) is 111 cm³/mol. The molecular formula is C22H22ClF2N3. The number of pyridine rings is 1. The van der Waals surface area contributed by atoms with E-state index in [0.717, 1.165) is 55.1 Å². The predicted octanol–water partition coefficient (Wildman–Crippen LogP) is 4.77. The molecule has 0 aliphatic carbocycles. The van der Waals surface area contributed by atoms with E-state index in [0.29, 0.717) is 0 Å². The summed E-state index contributed by atoms with van der Waals surface area (Å²) in [6, 6.07) is 15.3. The van der Waals surface area contributed by atoms with Crippen LogP contribution in [0.3, 0.4) is 0 Å². The number of halogens is 3. The Hall–Kier alpha value is -2.50. The van der Waals surface area contributed by atoms with Gasteiger partial charge in [0.05, 0.1) is 0 Å². The summed E-state index contributed by atoms with van der Waals surface area (Å²) >= 11 is 0. The fourth-order valence-electron chi connectivity index (χ4n) is 3.45. The summed E-state index contributed by atoms with van der Waals surface area (Å²) in [6.45, 7) is 4.54. The minimum atomic E-state index is -0.234. The van der Waals surface area contributed by atoms with Crippen molar-refractivity contribution in [3.8, 4) is 11.1 Å². The maximum absolute atomic E-state index is 13.1. The molecule has 1 fully saturated rings. The second-order valence-electron chi connectivity index (χ2n) is 6.83. The van der Waals surface area contributed by atoms with Crippen LogP contribution < -0.4 is 4.90 Å². The molecule has 146 valence electrons. The number of nitrogens with zero attached hydrogens (tertiary/aromatic N) is 3. The Morgan fingerprint density at radius 3 is 2.00 bits per heavy atom. The fourth-order valence-corrected chi connectivity index (χ4v) is 3.45. The fraction of sp³-hybridized carbons (Fsp3) is 0.227. The van der Waals surface area contributed by atoms with E-state index in [1.807, 2.05) is 24.5 Å². The number of rotatable bonds is 4. The zero-order chi connectivity index (χ0) is 18.6. The lowest BCUT2D eigenvalue weighted by Gasteiger charge is -2.36. The van der Waals surface area contributed by atoms with Crippen LogP contribution in [-0.2, 0) is 6.54 Å². The van der Waals surface area contributed by atoms with Crippen molar-refractivity contribution in [2.24, 2.45) is 0 Å². The summed E-state index contributed by atoms with van der Waals surface area (Å²) in [5, 5.41) is 0. The summed E-state index contributed by atoms with van der Waals surface area (Å²) in [7, 11) is 0. The van der Waals surface area contributed by atoms with E-state index in [2.05, 4.69) is 20.9 Å². The quantitative estimate of drug-likeness (QED) is 0.627. The zero-order valence-corrected chi connectivity index (χ0v) is 16.2. The molecule has 1 aliphatic heterocycles.